The number of aliphatic hydroxyl groups is 3. The SMILES string of the molecule is C[C@H](CCc1nc2ncccc2c(=O)o1)[C@H]1CC[C@H]2[C@H]3C(C[C@H](O)[C@]12C)[C@@]1(C)CC[C@@H](O)C[C@H]1C[C@H]3O. The van der Waals surface area contributed by atoms with Gasteiger partial charge in [-0.05, 0) is 110 Å². The molecule has 2 aromatic heterocycles. The van der Waals surface area contributed by atoms with Crippen molar-refractivity contribution in [3.63, 3.8) is 0 Å². The number of aliphatic hydroxyl groups excluding tert-OH is 3. The van der Waals surface area contributed by atoms with Crippen LogP contribution in [0, 0.1) is 46.3 Å². The van der Waals surface area contributed by atoms with Gasteiger partial charge in [0, 0.05) is 12.6 Å². The first-order valence-corrected chi connectivity index (χ1v) is 14.4. The van der Waals surface area contributed by atoms with Crippen molar-refractivity contribution in [1.29, 1.82) is 0 Å². The van der Waals surface area contributed by atoms with Gasteiger partial charge in [0.1, 0.15) is 5.39 Å². The van der Waals surface area contributed by atoms with Crippen LogP contribution in [0.25, 0.3) is 11.0 Å². The van der Waals surface area contributed by atoms with Crippen molar-refractivity contribution >= 4 is 11.0 Å². The molecule has 3 N–H and O–H groups in total. The van der Waals surface area contributed by atoms with Gasteiger partial charge >= 0.3 is 5.63 Å². The summed E-state index contributed by atoms with van der Waals surface area (Å²) < 4.78 is 5.50. The van der Waals surface area contributed by atoms with Crippen LogP contribution in [0.5, 0.6) is 0 Å². The molecule has 2 heterocycles. The lowest BCUT2D eigenvalue weighted by atomic mass is 9.43. The second-order valence-electron chi connectivity index (χ2n) is 13.3. The summed E-state index contributed by atoms with van der Waals surface area (Å²) in [6, 6.07) is 3.39. The molecule has 4 aliphatic carbocycles. The van der Waals surface area contributed by atoms with Gasteiger partial charge in [0.2, 0.25) is 5.89 Å². The summed E-state index contributed by atoms with van der Waals surface area (Å²) in [5, 5.41) is 34.0. The Labute approximate surface area is 218 Å². The Bertz CT molecular complexity index is 1220. The number of aromatic nitrogens is 2. The van der Waals surface area contributed by atoms with Gasteiger partial charge in [0.15, 0.2) is 5.65 Å². The number of fused-ring (bicyclic) bond motifs is 6. The Morgan fingerprint density at radius 2 is 1.92 bits per heavy atom. The summed E-state index contributed by atoms with van der Waals surface area (Å²) in [5.74, 6) is 2.24. The molecular weight excluding hydrogens is 468 g/mol. The quantitative estimate of drug-likeness (QED) is 0.567. The highest BCUT2D eigenvalue weighted by atomic mass is 16.4. The van der Waals surface area contributed by atoms with Gasteiger partial charge < -0.3 is 19.7 Å². The summed E-state index contributed by atoms with van der Waals surface area (Å²) in [4.78, 5) is 21.1. The van der Waals surface area contributed by atoms with Crippen molar-refractivity contribution in [2.45, 2.75) is 96.9 Å². The minimum absolute atomic E-state index is 0.0858. The first kappa shape index (κ1) is 25.4. The molecule has 7 heteroatoms. The second-order valence-corrected chi connectivity index (χ2v) is 13.3. The molecule has 0 aromatic carbocycles. The Hall–Kier alpha value is -1.83. The number of hydrogen-bond donors (Lipinski definition) is 3. The lowest BCUT2D eigenvalue weighted by Crippen LogP contribution is -2.62. The summed E-state index contributed by atoms with van der Waals surface area (Å²) in [6.07, 6.45) is 8.21. The summed E-state index contributed by atoms with van der Waals surface area (Å²) >= 11 is 0. The maximum absolute atomic E-state index is 12.4. The number of pyridine rings is 1. The molecule has 0 aliphatic heterocycles. The van der Waals surface area contributed by atoms with Gasteiger partial charge in [-0.25, -0.2) is 9.78 Å². The second kappa shape index (κ2) is 9.13. The molecular formula is C30H42N2O5. The zero-order chi connectivity index (χ0) is 26.1. The standard InChI is InChI=1S/C30H42N2O5/c1-16(6-9-25-32-27-19(28(36)37-25)5-4-12-31-27)20-7-8-21-26-22(15-24(35)30(20,21)3)29(2)11-10-18(33)13-17(29)14-23(26)34/h4-5,12,16-18,20-24,26,33-35H,6-11,13-15H2,1-3H3/t16-,17+,18-,20-,21+,22?,23-,24+,26+,29+,30-/m1/s1. The van der Waals surface area contributed by atoms with Gasteiger partial charge in [-0.15, -0.1) is 0 Å². The minimum atomic E-state index is -0.399. The van der Waals surface area contributed by atoms with Crippen molar-refractivity contribution < 1.29 is 19.7 Å². The smallest absolute Gasteiger partial charge is 0.348 e. The molecule has 0 spiro atoms. The monoisotopic (exact) mass is 510 g/mol. The molecule has 11 atom stereocenters. The maximum atomic E-state index is 12.4. The molecule has 7 nitrogen and oxygen atoms in total. The van der Waals surface area contributed by atoms with E-state index in [9.17, 15) is 20.1 Å². The lowest BCUT2D eigenvalue weighted by Gasteiger charge is -2.63. The van der Waals surface area contributed by atoms with Crippen molar-refractivity contribution in [1.82, 2.24) is 9.97 Å². The number of hydrogen-bond acceptors (Lipinski definition) is 7. The molecule has 2 aromatic rings. The van der Waals surface area contributed by atoms with Crippen LogP contribution in [0.1, 0.15) is 78.0 Å². The largest absolute Gasteiger partial charge is 0.408 e. The molecule has 202 valence electrons. The zero-order valence-corrected chi connectivity index (χ0v) is 22.3. The summed E-state index contributed by atoms with van der Waals surface area (Å²) in [5.41, 5.74) is -0.118. The molecule has 37 heavy (non-hydrogen) atoms. The van der Waals surface area contributed by atoms with Gasteiger partial charge in [0.25, 0.3) is 0 Å². The fourth-order valence-corrected chi connectivity index (χ4v) is 9.74. The van der Waals surface area contributed by atoms with Crippen LogP contribution in [0.2, 0.25) is 0 Å². The van der Waals surface area contributed by atoms with Crippen LogP contribution in [0.3, 0.4) is 0 Å². The van der Waals surface area contributed by atoms with Crippen molar-refractivity contribution in [2.24, 2.45) is 46.3 Å². The van der Waals surface area contributed by atoms with E-state index in [1.807, 2.05) is 0 Å². The highest BCUT2D eigenvalue weighted by Crippen LogP contribution is 2.68. The molecule has 4 saturated carbocycles. The molecule has 0 amide bonds. The first-order valence-electron chi connectivity index (χ1n) is 14.4. The third-order valence-corrected chi connectivity index (χ3v) is 11.8. The molecule has 4 fully saturated rings. The van der Waals surface area contributed by atoms with Crippen molar-refractivity contribution in [2.75, 3.05) is 0 Å². The Balaban J connectivity index is 1.21. The van der Waals surface area contributed by atoms with E-state index in [2.05, 4.69) is 30.7 Å². The highest BCUT2D eigenvalue weighted by Gasteiger charge is 2.65. The predicted octanol–water partition coefficient (Wildman–Crippen LogP) is 4.11. The van der Waals surface area contributed by atoms with Gasteiger partial charge in [-0.2, -0.15) is 4.98 Å². The van der Waals surface area contributed by atoms with E-state index in [-0.39, 0.29) is 29.0 Å². The Morgan fingerprint density at radius 3 is 2.73 bits per heavy atom. The molecule has 0 radical (unpaired) electrons. The minimum Gasteiger partial charge on any atom is -0.408 e. The molecule has 6 rings (SSSR count). The van der Waals surface area contributed by atoms with E-state index in [1.165, 1.54) is 0 Å². The van der Waals surface area contributed by atoms with Gasteiger partial charge in [-0.1, -0.05) is 20.8 Å². The number of rotatable bonds is 4. The van der Waals surface area contributed by atoms with E-state index in [4.69, 9.17) is 4.42 Å². The average molecular weight is 511 g/mol. The van der Waals surface area contributed by atoms with E-state index in [0.29, 0.717) is 52.9 Å². The van der Waals surface area contributed by atoms with E-state index in [1.54, 1.807) is 18.3 Å². The third-order valence-electron chi connectivity index (χ3n) is 11.8. The number of nitrogens with zero attached hydrogens (tertiary/aromatic N) is 2. The van der Waals surface area contributed by atoms with Crippen LogP contribution < -0.4 is 5.63 Å². The van der Waals surface area contributed by atoms with Crippen LogP contribution in [0.15, 0.2) is 27.5 Å². The summed E-state index contributed by atoms with van der Waals surface area (Å²) in [6.45, 7) is 6.90. The van der Waals surface area contributed by atoms with Crippen LogP contribution >= 0.6 is 0 Å². The van der Waals surface area contributed by atoms with Crippen LogP contribution in [-0.2, 0) is 6.42 Å². The average Bonchev–Trinajstić information content (AvgIpc) is 3.23. The van der Waals surface area contributed by atoms with Gasteiger partial charge in [-0.3, -0.25) is 0 Å². The van der Waals surface area contributed by atoms with Crippen LogP contribution in [-0.4, -0.2) is 43.6 Å². The van der Waals surface area contributed by atoms with E-state index in [0.717, 1.165) is 51.4 Å². The zero-order valence-electron chi connectivity index (χ0n) is 22.3. The normalized spacial score (nSPS) is 44.2. The summed E-state index contributed by atoms with van der Waals surface area (Å²) in [7, 11) is 0. The highest BCUT2D eigenvalue weighted by molar-refractivity contribution is 5.72. The molecule has 0 saturated heterocycles. The fraction of sp³-hybridized carbons (Fsp3) is 0.767. The van der Waals surface area contributed by atoms with Gasteiger partial charge in [0.05, 0.1) is 18.3 Å². The van der Waals surface area contributed by atoms with Crippen LogP contribution in [0.4, 0.5) is 0 Å². The predicted molar refractivity (Wildman–Crippen MR) is 140 cm³/mol. The Kier molecular flexibility index (Phi) is 6.28. The fourth-order valence-electron chi connectivity index (χ4n) is 9.74. The molecule has 0 bridgehead atoms. The molecule has 1 unspecified atom stereocenters. The lowest BCUT2D eigenvalue weighted by molar-refractivity contribution is -0.207. The maximum Gasteiger partial charge on any atom is 0.348 e. The van der Waals surface area contributed by atoms with Crippen molar-refractivity contribution in [3.8, 4) is 0 Å². The first-order chi connectivity index (χ1) is 17.6. The van der Waals surface area contributed by atoms with Crippen molar-refractivity contribution in [3.05, 3.63) is 34.6 Å². The third kappa shape index (κ3) is 3.90. The topological polar surface area (TPSA) is 117 Å². The van der Waals surface area contributed by atoms with E-state index < -0.39 is 11.7 Å². The number of aryl methyl sites for hydroxylation is 1. The van der Waals surface area contributed by atoms with E-state index >= 15 is 0 Å². The molecule has 4 aliphatic rings. The Morgan fingerprint density at radius 1 is 1.11 bits per heavy atom.